The molecule has 1 fully saturated rings. The van der Waals surface area contributed by atoms with Crippen molar-refractivity contribution in [2.75, 3.05) is 26.7 Å². The molecule has 1 saturated heterocycles. The minimum absolute atomic E-state index is 0.169. The molecule has 0 amide bonds. The Morgan fingerprint density at radius 2 is 1.87 bits per heavy atom. The lowest BCUT2D eigenvalue weighted by Crippen LogP contribution is -2.47. The summed E-state index contributed by atoms with van der Waals surface area (Å²) >= 11 is 0. The van der Waals surface area contributed by atoms with Crippen LogP contribution in [0.5, 0.6) is 5.75 Å². The zero-order valence-corrected chi connectivity index (χ0v) is 16.7. The number of aliphatic imine (C=N–C) groups is 1. The quantitative estimate of drug-likeness (QED) is 0.464. The molecule has 0 aromatic heterocycles. The number of rotatable bonds is 3. The van der Waals surface area contributed by atoms with Crippen molar-refractivity contribution in [3.05, 3.63) is 65.7 Å². The zero-order chi connectivity index (χ0) is 21.4. The van der Waals surface area contributed by atoms with E-state index in [1.165, 1.54) is 6.07 Å². The Morgan fingerprint density at radius 3 is 2.53 bits per heavy atom. The zero-order valence-electron chi connectivity index (χ0n) is 16.7. The van der Waals surface area contributed by atoms with E-state index in [-0.39, 0.29) is 6.10 Å². The van der Waals surface area contributed by atoms with Crippen molar-refractivity contribution < 1.29 is 17.9 Å². The summed E-state index contributed by atoms with van der Waals surface area (Å²) in [5.74, 6) is 7.24. The van der Waals surface area contributed by atoms with Crippen LogP contribution < -0.4 is 10.1 Å². The molecule has 7 heteroatoms. The van der Waals surface area contributed by atoms with Crippen molar-refractivity contribution in [3.63, 3.8) is 0 Å². The highest BCUT2D eigenvalue weighted by atomic mass is 19.4. The molecule has 2 aromatic rings. The number of hydrogen-bond donors (Lipinski definition) is 1. The van der Waals surface area contributed by atoms with E-state index in [9.17, 15) is 13.2 Å². The number of guanidine groups is 1. The fourth-order valence-corrected chi connectivity index (χ4v) is 3.25. The minimum atomic E-state index is -4.37. The number of hydrogen-bond acceptors (Lipinski definition) is 2. The van der Waals surface area contributed by atoms with Crippen LogP contribution in [0.25, 0.3) is 0 Å². The molecule has 1 N–H and O–H groups in total. The van der Waals surface area contributed by atoms with Crippen molar-refractivity contribution >= 4 is 5.96 Å². The van der Waals surface area contributed by atoms with E-state index in [1.807, 2.05) is 30.3 Å². The molecule has 0 saturated carbocycles. The van der Waals surface area contributed by atoms with Gasteiger partial charge in [-0.15, -0.1) is 0 Å². The van der Waals surface area contributed by atoms with Crippen LogP contribution in [0.4, 0.5) is 13.2 Å². The predicted octanol–water partition coefficient (Wildman–Crippen LogP) is 4.18. The van der Waals surface area contributed by atoms with Gasteiger partial charge in [-0.25, -0.2) is 0 Å². The van der Waals surface area contributed by atoms with Crippen molar-refractivity contribution in [1.82, 2.24) is 10.2 Å². The van der Waals surface area contributed by atoms with Crippen LogP contribution in [0.1, 0.15) is 24.0 Å². The highest BCUT2D eigenvalue weighted by Crippen LogP contribution is 2.29. The van der Waals surface area contributed by atoms with Gasteiger partial charge < -0.3 is 15.0 Å². The molecule has 1 heterocycles. The van der Waals surface area contributed by atoms with Gasteiger partial charge in [0, 0.05) is 38.5 Å². The minimum Gasteiger partial charge on any atom is -0.490 e. The summed E-state index contributed by atoms with van der Waals surface area (Å²) in [6.45, 7) is 1.90. The number of para-hydroxylation sites is 1. The van der Waals surface area contributed by atoms with Gasteiger partial charge in [-0.05, 0) is 30.3 Å². The molecule has 4 nitrogen and oxygen atoms in total. The summed E-state index contributed by atoms with van der Waals surface area (Å²) in [5, 5.41) is 3.16. The Kier molecular flexibility index (Phi) is 7.23. The summed E-state index contributed by atoms with van der Waals surface area (Å²) in [6.07, 6.45) is -2.44. The lowest BCUT2D eigenvalue weighted by molar-refractivity contribution is -0.137. The maximum atomic E-state index is 12.8. The van der Waals surface area contributed by atoms with Gasteiger partial charge in [0.15, 0.2) is 5.96 Å². The third kappa shape index (κ3) is 6.18. The Balaban J connectivity index is 1.48. The van der Waals surface area contributed by atoms with Gasteiger partial charge in [0.1, 0.15) is 11.9 Å². The van der Waals surface area contributed by atoms with E-state index in [0.717, 1.165) is 49.8 Å². The number of benzene rings is 2. The first kappa shape index (κ1) is 21.6. The largest absolute Gasteiger partial charge is 0.490 e. The molecule has 30 heavy (non-hydrogen) atoms. The molecule has 2 aromatic carbocycles. The van der Waals surface area contributed by atoms with Crippen LogP contribution in [0.2, 0.25) is 0 Å². The summed E-state index contributed by atoms with van der Waals surface area (Å²) < 4.78 is 44.3. The monoisotopic (exact) mass is 415 g/mol. The Labute approximate surface area is 174 Å². The molecular weight excluding hydrogens is 391 g/mol. The molecule has 0 atom stereocenters. The second kappa shape index (κ2) is 10.1. The van der Waals surface area contributed by atoms with Gasteiger partial charge >= 0.3 is 6.18 Å². The number of halogens is 3. The molecular formula is C23H24F3N3O. The number of piperidine rings is 1. The van der Waals surface area contributed by atoms with Crippen LogP contribution in [-0.4, -0.2) is 43.6 Å². The lowest BCUT2D eigenvalue weighted by Gasteiger charge is -2.34. The SMILES string of the molecule is CN=C(NCC#Cc1cccc(C(F)(F)F)c1)N1CCC(Oc2ccccc2)CC1. The van der Waals surface area contributed by atoms with E-state index < -0.39 is 11.7 Å². The molecule has 0 radical (unpaired) electrons. The second-order valence-electron chi connectivity index (χ2n) is 6.90. The van der Waals surface area contributed by atoms with Gasteiger partial charge in [-0.3, -0.25) is 4.99 Å². The molecule has 0 bridgehead atoms. The first-order valence-corrected chi connectivity index (χ1v) is 9.79. The number of nitrogens with one attached hydrogen (secondary N) is 1. The topological polar surface area (TPSA) is 36.9 Å². The van der Waals surface area contributed by atoms with Crippen molar-refractivity contribution in [2.24, 2.45) is 4.99 Å². The third-order valence-electron chi connectivity index (χ3n) is 4.76. The average molecular weight is 415 g/mol. The molecule has 3 rings (SSSR count). The highest BCUT2D eigenvalue weighted by Gasteiger charge is 2.30. The van der Waals surface area contributed by atoms with Crippen molar-refractivity contribution in [3.8, 4) is 17.6 Å². The number of alkyl halides is 3. The summed E-state index contributed by atoms with van der Waals surface area (Å²) in [7, 11) is 1.70. The van der Waals surface area contributed by atoms with E-state index in [2.05, 4.69) is 27.0 Å². The van der Waals surface area contributed by atoms with E-state index >= 15 is 0 Å². The van der Waals surface area contributed by atoms with Crippen LogP contribution in [0.3, 0.4) is 0 Å². The van der Waals surface area contributed by atoms with Crippen LogP contribution in [0.15, 0.2) is 59.6 Å². The maximum Gasteiger partial charge on any atom is 0.416 e. The summed E-state index contributed by atoms with van der Waals surface area (Å²) in [6, 6.07) is 14.8. The van der Waals surface area contributed by atoms with Crippen LogP contribution in [-0.2, 0) is 6.18 Å². The molecule has 1 aliphatic rings. The van der Waals surface area contributed by atoms with Gasteiger partial charge in [-0.2, -0.15) is 13.2 Å². The van der Waals surface area contributed by atoms with Gasteiger partial charge in [0.05, 0.1) is 12.1 Å². The van der Waals surface area contributed by atoms with Crippen LogP contribution >= 0.6 is 0 Å². The predicted molar refractivity (Wildman–Crippen MR) is 111 cm³/mol. The Bertz CT molecular complexity index is 909. The maximum absolute atomic E-state index is 12.8. The number of likely N-dealkylation sites (tertiary alicyclic amines) is 1. The lowest BCUT2D eigenvalue weighted by atomic mass is 10.1. The number of ether oxygens (including phenoxy) is 1. The normalized spacial score (nSPS) is 15.3. The van der Waals surface area contributed by atoms with E-state index in [1.54, 1.807) is 13.1 Å². The van der Waals surface area contributed by atoms with E-state index in [4.69, 9.17) is 4.74 Å². The average Bonchev–Trinajstić information content (AvgIpc) is 2.75. The molecule has 1 aliphatic heterocycles. The molecule has 0 spiro atoms. The number of nitrogens with zero attached hydrogens (tertiary/aromatic N) is 2. The van der Waals surface area contributed by atoms with Crippen molar-refractivity contribution in [2.45, 2.75) is 25.1 Å². The summed E-state index contributed by atoms with van der Waals surface area (Å²) in [4.78, 5) is 6.42. The first-order valence-electron chi connectivity index (χ1n) is 9.79. The molecule has 0 unspecified atom stereocenters. The van der Waals surface area contributed by atoms with Gasteiger partial charge in [-0.1, -0.05) is 36.1 Å². The Hall–Kier alpha value is -3.14. The third-order valence-corrected chi connectivity index (χ3v) is 4.76. The molecule has 158 valence electrons. The second-order valence-corrected chi connectivity index (χ2v) is 6.90. The first-order chi connectivity index (χ1) is 14.5. The summed E-state index contributed by atoms with van der Waals surface area (Å²) in [5.41, 5.74) is -0.362. The molecule has 0 aliphatic carbocycles. The Morgan fingerprint density at radius 1 is 1.13 bits per heavy atom. The van der Waals surface area contributed by atoms with Crippen molar-refractivity contribution in [1.29, 1.82) is 0 Å². The fourth-order valence-electron chi connectivity index (χ4n) is 3.25. The highest BCUT2D eigenvalue weighted by molar-refractivity contribution is 5.80. The van der Waals surface area contributed by atoms with Crippen LogP contribution in [0, 0.1) is 11.8 Å². The smallest absolute Gasteiger partial charge is 0.416 e. The van der Waals surface area contributed by atoms with Gasteiger partial charge in [0.2, 0.25) is 0 Å². The standard InChI is InChI=1S/C23H24F3N3O/c1-27-22(28-14-6-8-18-7-5-9-19(17-18)23(24,25)26)29-15-12-21(13-16-29)30-20-10-3-2-4-11-20/h2-5,7,9-11,17,21H,12-16H2,1H3,(H,27,28). The van der Waals surface area contributed by atoms with E-state index in [0.29, 0.717) is 12.1 Å². The van der Waals surface area contributed by atoms with Gasteiger partial charge in [0.25, 0.3) is 0 Å². The fraction of sp³-hybridized carbons (Fsp3) is 0.348.